The maximum atomic E-state index is 6.32. The van der Waals surface area contributed by atoms with Gasteiger partial charge >= 0.3 is 0 Å². The van der Waals surface area contributed by atoms with Gasteiger partial charge in [-0.15, -0.1) is 0 Å². The van der Waals surface area contributed by atoms with Crippen LogP contribution < -0.4 is 0 Å². The average Bonchev–Trinajstić information content (AvgIpc) is 2.47. The van der Waals surface area contributed by atoms with Crippen molar-refractivity contribution in [3.63, 3.8) is 0 Å². The summed E-state index contributed by atoms with van der Waals surface area (Å²) in [6, 6.07) is 0. The van der Waals surface area contributed by atoms with Crippen LogP contribution in [0.5, 0.6) is 0 Å². The Hall–Kier alpha value is -0.710. The van der Waals surface area contributed by atoms with Gasteiger partial charge in [-0.05, 0) is 32.2 Å². The molecular weight excluding hydrogens is 262 g/mol. The number of hydrogen-bond donors (Lipinski definition) is 0. The number of ether oxygens (including phenoxy) is 1. The number of rotatable bonds is 2. The van der Waals surface area contributed by atoms with Crippen LogP contribution in [0.15, 0.2) is 0 Å². The summed E-state index contributed by atoms with van der Waals surface area (Å²) in [6.45, 7) is 5.81. The summed E-state index contributed by atoms with van der Waals surface area (Å²) in [5.41, 5.74) is 2.29. The first-order chi connectivity index (χ1) is 9.28. The SMILES string of the molecule is CCN1CCOC(c2nc(Cl)c3c(n2)CCCC3)C1. The minimum Gasteiger partial charge on any atom is -0.368 e. The van der Waals surface area contributed by atoms with Crippen molar-refractivity contribution in [1.29, 1.82) is 0 Å². The molecule has 0 saturated carbocycles. The van der Waals surface area contributed by atoms with Gasteiger partial charge in [-0.1, -0.05) is 18.5 Å². The van der Waals surface area contributed by atoms with E-state index in [0.29, 0.717) is 5.15 Å². The lowest BCUT2D eigenvalue weighted by Gasteiger charge is -2.31. The lowest BCUT2D eigenvalue weighted by molar-refractivity contribution is -0.0327. The zero-order valence-electron chi connectivity index (χ0n) is 11.4. The Labute approximate surface area is 119 Å². The Kier molecular flexibility index (Phi) is 4.01. The van der Waals surface area contributed by atoms with E-state index in [0.717, 1.165) is 56.2 Å². The zero-order valence-corrected chi connectivity index (χ0v) is 12.1. The van der Waals surface area contributed by atoms with Gasteiger partial charge in [0.2, 0.25) is 0 Å². The van der Waals surface area contributed by atoms with Crippen LogP contribution in [-0.4, -0.2) is 41.1 Å². The Morgan fingerprint density at radius 3 is 3.00 bits per heavy atom. The quantitative estimate of drug-likeness (QED) is 0.781. The molecule has 5 heteroatoms. The van der Waals surface area contributed by atoms with E-state index < -0.39 is 0 Å². The molecule has 3 rings (SSSR count). The molecule has 1 atom stereocenters. The van der Waals surface area contributed by atoms with Crippen LogP contribution in [-0.2, 0) is 17.6 Å². The summed E-state index contributed by atoms with van der Waals surface area (Å²) in [4.78, 5) is 11.6. The van der Waals surface area contributed by atoms with Crippen LogP contribution in [0.3, 0.4) is 0 Å². The third-order valence-corrected chi connectivity index (χ3v) is 4.35. The van der Waals surface area contributed by atoms with Crippen LogP contribution in [0.25, 0.3) is 0 Å². The van der Waals surface area contributed by atoms with Crippen LogP contribution in [0.2, 0.25) is 5.15 Å². The maximum Gasteiger partial charge on any atom is 0.160 e. The van der Waals surface area contributed by atoms with Gasteiger partial charge in [-0.25, -0.2) is 9.97 Å². The molecule has 104 valence electrons. The van der Waals surface area contributed by atoms with Gasteiger partial charge in [0.05, 0.1) is 6.61 Å². The number of aromatic nitrogens is 2. The van der Waals surface area contributed by atoms with Gasteiger partial charge in [0.15, 0.2) is 5.82 Å². The standard InChI is InChI=1S/C14H20ClN3O/c1-2-18-7-8-19-12(9-18)14-16-11-6-4-3-5-10(11)13(15)17-14/h12H,2-9H2,1H3. The van der Waals surface area contributed by atoms with Crippen molar-refractivity contribution in [1.82, 2.24) is 14.9 Å². The molecule has 1 saturated heterocycles. The van der Waals surface area contributed by atoms with Crippen LogP contribution in [0.4, 0.5) is 0 Å². The Morgan fingerprint density at radius 1 is 1.32 bits per heavy atom. The minimum absolute atomic E-state index is 0.0292. The topological polar surface area (TPSA) is 38.2 Å². The lowest BCUT2D eigenvalue weighted by Crippen LogP contribution is -2.38. The molecular formula is C14H20ClN3O. The monoisotopic (exact) mass is 281 g/mol. The molecule has 19 heavy (non-hydrogen) atoms. The van der Waals surface area contributed by atoms with Crippen LogP contribution in [0.1, 0.15) is 43.0 Å². The first-order valence-electron chi connectivity index (χ1n) is 7.17. The molecule has 1 aromatic heterocycles. The molecule has 4 nitrogen and oxygen atoms in total. The molecule has 2 aliphatic rings. The van der Waals surface area contributed by atoms with Gasteiger partial charge in [0.1, 0.15) is 11.3 Å². The van der Waals surface area contributed by atoms with Crippen molar-refractivity contribution < 1.29 is 4.74 Å². The van der Waals surface area contributed by atoms with Crippen LogP contribution >= 0.6 is 11.6 Å². The van der Waals surface area contributed by atoms with E-state index in [2.05, 4.69) is 16.8 Å². The van der Waals surface area contributed by atoms with Crippen molar-refractivity contribution in [2.45, 2.75) is 38.7 Å². The summed E-state index contributed by atoms with van der Waals surface area (Å²) in [5.74, 6) is 0.767. The van der Waals surface area contributed by atoms with Gasteiger partial charge < -0.3 is 4.74 Å². The molecule has 0 aromatic carbocycles. The van der Waals surface area contributed by atoms with Crippen molar-refractivity contribution >= 4 is 11.6 Å². The molecule has 0 spiro atoms. The van der Waals surface area contributed by atoms with Gasteiger partial charge in [-0.2, -0.15) is 0 Å². The summed E-state index contributed by atoms with van der Waals surface area (Å²) in [7, 11) is 0. The molecule has 1 aliphatic heterocycles. The fourth-order valence-corrected chi connectivity index (χ4v) is 3.15. The minimum atomic E-state index is -0.0292. The summed E-state index contributed by atoms with van der Waals surface area (Å²) >= 11 is 6.32. The molecule has 1 aliphatic carbocycles. The third kappa shape index (κ3) is 2.76. The molecule has 0 amide bonds. The van der Waals surface area contributed by atoms with E-state index >= 15 is 0 Å². The van der Waals surface area contributed by atoms with Crippen molar-refractivity contribution in [3.8, 4) is 0 Å². The second-order valence-electron chi connectivity index (χ2n) is 5.26. The van der Waals surface area contributed by atoms with Gasteiger partial charge in [0, 0.05) is 24.3 Å². The highest BCUT2D eigenvalue weighted by molar-refractivity contribution is 6.30. The molecule has 0 bridgehead atoms. The Balaban J connectivity index is 1.86. The maximum absolute atomic E-state index is 6.32. The molecule has 1 aromatic rings. The van der Waals surface area contributed by atoms with E-state index in [1.165, 1.54) is 12.8 Å². The largest absolute Gasteiger partial charge is 0.368 e. The van der Waals surface area contributed by atoms with E-state index in [1.807, 2.05) is 0 Å². The second-order valence-corrected chi connectivity index (χ2v) is 5.62. The zero-order chi connectivity index (χ0) is 13.2. The molecule has 1 unspecified atom stereocenters. The highest BCUT2D eigenvalue weighted by atomic mass is 35.5. The molecule has 0 radical (unpaired) electrons. The Morgan fingerprint density at radius 2 is 2.16 bits per heavy atom. The number of aryl methyl sites for hydroxylation is 1. The number of likely N-dealkylation sites (N-methyl/N-ethyl adjacent to an activating group) is 1. The second kappa shape index (κ2) is 5.73. The van der Waals surface area contributed by atoms with E-state index in [-0.39, 0.29) is 6.10 Å². The summed E-state index contributed by atoms with van der Waals surface area (Å²) in [6.07, 6.45) is 4.40. The smallest absolute Gasteiger partial charge is 0.160 e. The highest BCUT2D eigenvalue weighted by Gasteiger charge is 2.26. The van der Waals surface area contributed by atoms with E-state index in [9.17, 15) is 0 Å². The Bertz CT molecular complexity index is 466. The predicted octanol–water partition coefficient (Wildman–Crippen LogP) is 2.40. The number of fused-ring (bicyclic) bond motifs is 1. The first kappa shape index (κ1) is 13.3. The fourth-order valence-electron chi connectivity index (χ4n) is 2.86. The van der Waals surface area contributed by atoms with Crippen molar-refractivity contribution in [2.75, 3.05) is 26.2 Å². The van der Waals surface area contributed by atoms with E-state index in [4.69, 9.17) is 21.3 Å². The van der Waals surface area contributed by atoms with Crippen molar-refractivity contribution in [2.24, 2.45) is 0 Å². The fraction of sp³-hybridized carbons (Fsp3) is 0.714. The predicted molar refractivity (Wildman–Crippen MR) is 74.5 cm³/mol. The number of nitrogens with zero attached hydrogens (tertiary/aromatic N) is 3. The normalized spacial score (nSPS) is 24.2. The lowest BCUT2D eigenvalue weighted by atomic mass is 9.97. The van der Waals surface area contributed by atoms with Gasteiger partial charge in [0.25, 0.3) is 0 Å². The number of morpholine rings is 1. The number of hydrogen-bond acceptors (Lipinski definition) is 4. The molecule has 2 heterocycles. The highest BCUT2D eigenvalue weighted by Crippen LogP contribution is 2.28. The summed E-state index contributed by atoms with van der Waals surface area (Å²) < 4.78 is 5.82. The third-order valence-electron chi connectivity index (χ3n) is 4.04. The van der Waals surface area contributed by atoms with E-state index in [1.54, 1.807) is 0 Å². The first-order valence-corrected chi connectivity index (χ1v) is 7.55. The molecule has 1 fully saturated rings. The van der Waals surface area contributed by atoms with Crippen molar-refractivity contribution in [3.05, 3.63) is 22.2 Å². The summed E-state index contributed by atoms with van der Waals surface area (Å²) in [5, 5.41) is 0.636. The molecule has 0 N–H and O–H groups in total. The van der Waals surface area contributed by atoms with Gasteiger partial charge in [-0.3, -0.25) is 4.90 Å². The number of halogens is 1. The average molecular weight is 282 g/mol. The van der Waals surface area contributed by atoms with Crippen LogP contribution in [0, 0.1) is 0 Å².